The molecule has 0 saturated heterocycles. The van der Waals surface area contributed by atoms with Gasteiger partial charge in [0, 0.05) is 32.7 Å². The number of amides is 2. The van der Waals surface area contributed by atoms with E-state index in [9.17, 15) is 9.59 Å². The van der Waals surface area contributed by atoms with Crippen molar-refractivity contribution < 1.29 is 24.2 Å². The van der Waals surface area contributed by atoms with Crippen LogP contribution >= 0.6 is 0 Å². The first-order valence-electron chi connectivity index (χ1n) is 9.06. The lowest BCUT2D eigenvalue weighted by Crippen LogP contribution is -2.43. The largest absolute Gasteiger partial charge is 0.493 e. The van der Waals surface area contributed by atoms with E-state index in [4.69, 9.17) is 14.6 Å². The Bertz CT molecular complexity index is 585. The SMILES string of the molecule is COCCCOc1cccc(CNC(=O)NC2CCC(C(=O)O)CC2)c1. The zero-order chi connectivity index (χ0) is 18.8. The van der Waals surface area contributed by atoms with Crippen molar-refractivity contribution in [2.45, 2.75) is 44.7 Å². The van der Waals surface area contributed by atoms with Crippen LogP contribution in [0.4, 0.5) is 4.79 Å². The summed E-state index contributed by atoms with van der Waals surface area (Å²) < 4.78 is 10.6. The number of aliphatic carboxylic acids is 1. The molecule has 0 heterocycles. The molecular weight excluding hydrogens is 336 g/mol. The van der Waals surface area contributed by atoms with Crippen molar-refractivity contribution in [3.63, 3.8) is 0 Å². The minimum Gasteiger partial charge on any atom is -0.493 e. The number of hydrogen-bond donors (Lipinski definition) is 3. The zero-order valence-corrected chi connectivity index (χ0v) is 15.2. The topological polar surface area (TPSA) is 96.9 Å². The van der Waals surface area contributed by atoms with Gasteiger partial charge < -0.3 is 25.2 Å². The average molecular weight is 364 g/mol. The number of hydrogen-bond acceptors (Lipinski definition) is 4. The fourth-order valence-electron chi connectivity index (χ4n) is 3.04. The van der Waals surface area contributed by atoms with Crippen LogP contribution in [0.2, 0.25) is 0 Å². The van der Waals surface area contributed by atoms with Crippen molar-refractivity contribution in [3.8, 4) is 5.75 Å². The van der Waals surface area contributed by atoms with Gasteiger partial charge in [0.1, 0.15) is 5.75 Å². The molecule has 26 heavy (non-hydrogen) atoms. The molecule has 0 aliphatic heterocycles. The standard InChI is InChI=1S/C19H28N2O5/c1-25-10-3-11-26-17-5-2-4-14(12-17)13-20-19(24)21-16-8-6-15(7-9-16)18(22)23/h2,4-5,12,15-16H,3,6-11,13H2,1H3,(H,22,23)(H2,20,21,24). The molecule has 0 spiro atoms. The number of benzene rings is 1. The maximum Gasteiger partial charge on any atom is 0.315 e. The summed E-state index contributed by atoms with van der Waals surface area (Å²) in [7, 11) is 1.66. The van der Waals surface area contributed by atoms with Crippen LogP contribution in [-0.4, -0.2) is 43.5 Å². The first-order valence-corrected chi connectivity index (χ1v) is 9.06. The number of carbonyl (C=O) groups excluding carboxylic acids is 1. The van der Waals surface area contributed by atoms with Gasteiger partial charge in [-0.05, 0) is 43.4 Å². The van der Waals surface area contributed by atoms with E-state index in [0.717, 1.165) is 17.7 Å². The summed E-state index contributed by atoms with van der Waals surface area (Å²) in [5.74, 6) is -0.243. The molecule has 7 heteroatoms. The average Bonchev–Trinajstić information content (AvgIpc) is 2.64. The van der Waals surface area contributed by atoms with E-state index < -0.39 is 5.97 Å². The molecule has 1 saturated carbocycles. The monoisotopic (exact) mass is 364 g/mol. The van der Waals surface area contributed by atoms with Gasteiger partial charge >= 0.3 is 12.0 Å². The van der Waals surface area contributed by atoms with Gasteiger partial charge in [0.25, 0.3) is 0 Å². The first kappa shape index (κ1) is 20.0. The van der Waals surface area contributed by atoms with Crippen molar-refractivity contribution in [2.24, 2.45) is 5.92 Å². The van der Waals surface area contributed by atoms with E-state index in [2.05, 4.69) is 10.6 Å². The van der Waals surface area contributed by atoms with Gasteiger partial charge in [-0.25, -0.2) is 4.79 Å². The van der Waals surface area contributed by atoms with Crippen LogP contribution < -0.4 is 15.4 Å². The minimum atomic E-state index is -0.739. The molecule has 7 nitrogen and oxygen atoms in total. The molecule has 1 fully saturated rings. The third kappa shape index (κ3) is 6.92. The van der Waals surface area contributed by atoms with Crippen LogP contribution in [0.3, 0.4) is 0 Å². The number of carboxylic acids is 1. The molecule has 2 amide bonds. The minimum absolute atomic E-state index is 0.0426. The molecule has 1 aromatic carbocycles. The second kappa shape index (κ2) is 10.7. The number of carboxylic acid groups (broad SMARTS) is 1. The van der Waals surface area contributed by atoms with Crippen molar-refractivity contribution in [3.05, 3.63) is 29.8 Å². The van der Waals surface area contributed by atoms with Crippen LogP contribution in [0.15, 0.2) is 24.3 Å². The van der Waals surface area contributed by atoms with Gasteiger partial charge in [0.2, 0.25) is 0 Å². The molecule has 1 aromatic rings. The molecule has 0 atom stereocenters. The molecule has 0 unspecified atom stereocenters. The van der Waals surface area contributed by atoms with Crippen molar-refractivity contribution in [1.29, 1.82) is 0 Å². The Morgan fingerprint density at radius 2 is 1.96 bits per heavy atom. The molecule has 0 radical (unpaired) electrons. The Morgan fingerprint density at radius 1 is 1.19 bits per heavy atom. The third-order valence-electron chi connectivity index (χ3n) is 4.52. The maximum absolute atomic E-state index is 12.0. The Labute approximate surface area is 154 Å². The lowest BCUT2D eigenvalue weighted by Gasteiger charge is -2.26. The molecule has 1 aliphatic rings. The van der Waals surface area contributed by atoms with Crippen LogP contribution in [-0.2, 0) is 16.1 Å². The number of ether oxygens (including phenoxy) is 2. The van der Waals surface area contributed by atoms with E-state index in [1.807, 2.05) is 24.3 Å². The number of urea groups is 1. The molecule has 1 aliphatic carbocycles. The lowest BCUT2D eigenvalue weighted by atomic mass is 9.86. The molecular formula is C19H28N2O5. The lowest BCUT2D eigenvalue weighted by molar-refractivity contribution is -0.142. The van der Waals surface area contributed by atoms with Crippen molar-refractivity contribution in [1.82, 2.24) is 10.6 Å². The summed E-state index contributed by atoms with van der Waals surface area (Å²) in [4.78, 5) is 23.0. The molecule has 0 bridgehead atoms. The van der Waals surface area contributed by atoms with Gasteiger partial charge in [-0.15, -0.1) is 0 Å². The van der Waals surface area contributed by atoms with Crippen LogP contribution in [0, 0.1) is 5.92 Å². The first-order chi connectivity index (χ1) is 12.6. The zero-order valence-electron chi connectivity index (χ0n) is 15.2. The smallest absolute Gasteiger partial charge is 0.315 e. The summed E-state index contributed by atoms with van der Waals surface area (Å²) in [6, 6.07) is 7.44. The highest BCUT2D eigenvalue weighted by Crippen LogP contribution is 2.24. The predicted octanol–water partition coefficient (Wildman–Crippen LogP) is 2.54. The van der Waals surface area contributed by atoms with Gasteiger partial charge in [0.05, 0.1) is 12.5 Å². The summed E-state index contributed by atoms with van der Waals surface area (Å²) in [6.45, 7) is 1.66. The molecule has 2 rings (SSSR count). The van der Waals surface area contributed by atoms with E-state index >= 15 is 0 Å². The second-order valence-electron chi connectivity index (χ2n) is 6.56. The summed E-state index contributed by atoms with van der Waals surface area (Å²) in [5.41, 5.74) is 0.957. The number of carbonyl (C=O) groups is 2. The van der Waals surface area contributed by atoms with Crippen LogP contribution in [0.1, 0.15) is 37.7 Å². The van der Waals surface area contributed by atoms with Crippen LogP contribution in [0.5, 0.6) is 5.75 Å². The Kier molecular flexibility index (Phi) is 8.21. The third-order valence-corrected chi connectivity index (χ3v) is 4.52. The van der Waals surface area contributed by atoms with Crippen molar-refractivity contribution >= 4 is 12.0 Å². The number of nitrogens with one attached hydrogen (secondary N) is 2. The predicted molar refractivity (Wildman–Crippen MR) is 97.2 cm³/mol. The fourth-order valence-corrected chi connectivity index (χ4v) is 3.04. The molecule has 3 N–H and O–H groups in total. The van der Waals surface area contributed by atoms with E-state index in [0.29, 0.717) is 45.4 Å². The number of rotatable bonds is 9. The van der Waals surface area contributed by atoms with Gasteiger partial charge in [0.15, 0.2) is 0 Å². The Balaban J connectivity index is 1.69. The number of methoxy groups -OCH3 is 1. The van der Waals surface area contributed by atoms with Gasteiger partial charge in [-0.3, -0.25) is 4.79 Å². The highest BCUT2D eigenvalue weighted by atomic mass is 16.5. The quantitative estimate of drug-likeness (QED) is 0.585. The van der Waals surface area contributed by atoms with E-state index in [1.54, 1.807) is 7.11 Å². The Morgan fingerprint density at radius 3 is 2.65 bits per heavy atom. The fraction of sp³-hybridized carbons (Fsp3) is 0.579. The van der Waals surface area contributed by atoms with Crippen molar-refractivity contribution in [2.75, 3.05) is 20.3 Å². The van der Waals surface area contributed by atoms with E-state index in [-0.39, 0.29) is 18.0 Å². The highest BCUT2D eigenvalue weighted by Gasteiger charge is 2.26. The second-order valence-corrected chi connectivity index (χ2v) is 6.56. The van der Waals surface area contributed by atoms with Crippen LogP contribution in [0.25, 0.3) is 0 Å². The van der Waals surface area contributed by atoms with E-state index in [1.165, 1.54) is 0 Å². The summed E-state index contributed by atoms with van der Waals surface area (Å²) in [5, 5.41) is 14.8. The molecule has 144 valence electrons. The van der Waals surface area contributed by atoms with Gasteiger partial charge in [-0.2, -0.15) is 0 Å². The summed E-state index contributed by atoms with van der Waals surface area (Å²) >= 11 is 0. The summed E-state index contributed by atoms with van der Waals surface area (Å²) in [6.07, 6.45) is 3.46. The highest BCUT2D eigenvalue weighted by molar-refractivity contribution is 5.74. The maximum atomic E-state index is 12.0. The Hall–Kier alpha value is -2.28. The molecule has 0 aromatic heterocycles. The normalized spacial score (nSPS) is 19.6. The van der Waals surface area contributed by atoms with Gasteiger partial charge in [-0.1, -0.05) is 12.1 Å².